The third-order valence-corrected chi connectivity index (χ3v) is 6.51. The van der Waals surface area contributed by atoms with Crippen LogP contribution in [0.1, 0.15) is 57.1 Å². The molecule has 0 radical (unpaired) electrons. The maximum absolute atomic E-state index is 12.4. The van der Waals surface area contributed by atoms with Gasteiger partial charge in [-0.05, 0) is 68.2 Å². The monoisotopic (exact) mass is 422 g/mol. The topological polar surface area (TPSA) is 32.8 Å². The number of benzene rings is 2. The van der Waals surface area contributed by atoms with E-state index in [4.69, 9.17) is 4.74 Å². The minimum absolute atomic E-state index is 0.0790. The average molecular weight is 423 g/mol. The third-order valence-electron chi connectivity index (χ3n) is 6.51. The number of nitrogens with zero attached hydrogens (tertiary/aromatic N) is 2. The normalized spacial score (nSPS) is 18.9. The first-order valence-corrected chi connectivity index (χ1v) is 11.5. The van der Waals surface area contributed by atoms with Crippen LogP contribution in [0.4, 0.5) is 5.69 Å². The number of ether oxygens (including phenoxy) is 1. The molecular formula is C27H38N2O2. The maximum Gasteiger partial charge on any atom is 0.219 e. The Morgan fingerprint density at radius 2 is 1.77 bits per heavy atom. The second-order valence-corrected chi connectivity index (χ2v) is 9.67. The van der Waals surface area contributed by atoms with Crippen molar-refractivity contribution in [1.82, 2.24) is 4.90 Å². The Bertz CT molecular complexity index is 830. The van der Waals surface area contributed by atoms with Gasteiger partial charge in [-0.1, -0.05) is 42.5 Å². The summed E-state index contributed by atoms with van der Waals surface area (Å²) in [6.07, 6.45) is 3.10. The van der Waals surface area contributed by atoms with E-state index in [0.717, 1.165) is 32.4 Å². The van der Waals surface area contributed by atoms with Crippen molar-refractivity contribution in [3.8, 4) is 0 Å². The number of carbonyl (C=O) groups excluding carboxylic acids is 1. The molecule has 3 rings (SSSR count). The van der Waals surface area contributed by atoms with Crippen molar-refractivity contribution in [2.75, 3.05) is 32.1 Å². The smallest absolute Gasteiger partial charge is 0.219 e. The van der Waals surface area contributed by atoms with Crippen LogP contribution in [0.2, 0.25) is 0 Å². The average Bonchev–Trinajstić information content (AvgIpc) is 2.73. The van der Waals surface area contributed by atoms with Gasteiger partial charge in [0.05, 0.1) is 5.60 Å². The minimum atomic E-state index is -0.0790. The first kappa shape index (κ1) is 23.3. The molecule has 0 aromatic heterocycles. The molecule has 0 spiro atoms. The van der Waals surface area contributed by atoms with Crippen molar-refractivity contribution >= 4 is 11.6 Å². The summed E-state index contributed by atoms with van der Waals surface area (Å²) in [4.78, 5) is 16.5. The van der Waals surface area contributed by atoms with E-state index in [0.29, 0.717) is 18.4 Å². The lowest BCUT2D eigenvalue weighted by Crippen LogP contribution is -2.37. The molecule has 4 heteroatoms. The summed E-state index contributed by atoms with van der Waals surface area (Å²) in [6.45, 7) is 8.31. The van der Waals surface area contributed by atoms with Crippen LogP contribution < -0.4 is 4.90 Å². The van der Waals surface area contributed by atoms with Gasteiger partial charge in [0.25, 0.3) is 0 Å². The fourth-order valence-electron chi connectivity index (χ4n) is 4.76. The highest BCUT2D eigenvalue weighted by Gasteiger charge is 2.34. The summed E-state index contributed by atoms with van der Waals surface area (Å²) in [5.74, 6) is 1.14. The highest BCUT2D eigenvalue weighted by Crippen LogP contribution is 2.40. The number of hydrogen-bond donors (Lipinski definition) is 0. The van der Waals surface area contributed by atoms with Crippen molar-refractivity contribution in [1.29, 1.82) is 0 Å². The van der Waals surface area contributed by atoms with Crippen molar-refractivity contribution in [3.05, 3.63) is 65.7 Å². The van der Waals surface area contributed by atoms with Crippen molar-refractivity contribution < 1.29 is 9.53 Å². The lowest BCUT2D eigenvalue weighted by atomic mass is 9.75. The molecular weight excluding hydrogens is 384 g/mol. The van der Waals surface area contributed by atoms with E-state index in [1.165, 1.54) is 16.8 Å². The van der Waals surface area contributed by atoms with Crippen LogP contribution in [0.5, 0.6) is 0 Å². The van der Waals surface area contributed by atoms with Gasteiger partial charge < -0.3 is 14.5 Å². The number of carbonyl (C=O) groups is 1. The van der Waals surface area contributed by atoms with E-state index in [1.807, 2.05) is 19.0 Å². The molecule has 2 aromatic carbocycles. The van der Waals surface area contributed by atoms with Gasteiger partial charge in [-0.15, -0.1) is 0 Å². The number of amides is 1. The van der Waals surface area contributed by atoms with E-state index in [1.54, 1.807) is 6.92 Å². The Kier molecular flexibility index (Phi) is 7.77. The zero-order valence-corrected chi connectivity index (χ0v) is 19.8. The van der Waals surface area contributed by atoms with E-state index >= 15 is 0 Å². The number of hydrogen-bond acceptors (Lipinski definition) is 3. The van der Waals surface area contributed by atoms with Crippen LogP contribution in [0.25, 0.3) is 0 Å². The first-order chi connectivity index (χ1) is 14.7. The minimum Gasteiger partial charge on any atom is -0.378 e. The van der Waals surface area contributed by atoms with Gasteiger partial charge in [-0.3, -0.25) is 4.79 Å². The molecule has 1 amide bonds. The third kappa shape index (κ3) is 6.57. The Hall–Kier alpha value is -2.33. The van der Waals surface area contributed by atoms with Gasteiger partial charge in [-0.25, -0.2) is 0 Å². The van der Waals surface area contributed by atoms with Crippen LogP contribution in [0.3, 0.4) is 0 Å². The first-order valence-electron chi connectivity index (χ1n) is 11.5. The SMILES string of the molecule is CC(=O)N(CC[C@H](c1ccccc1)[C@@H]1CCOC(C)(C)C1)Cc1ccc(N(C)C)cc1. The van der Waals surface area contributed by atoms with Crippen LogP contribution in [-0.2, 0) is 16.1 Å². The lowest BCUT2D eigenvalue weighted by Gasteiger charge is -2.40. The van der Waals surface area contributed by atoms with Crippen LogP contribution in [-0.4, -0.2) is 43.7 Å². The largest absolute Gasteiger partial charge is 0.378 e. The molecule has 1 fully saturated rings. The Morgan fingerprint density at radius 1 is 1.10 bits per heavy atom. The summed E-state index contributed by atoms with van der Waals surface area (Å²) in [5.41, 5.74) is 3.64. The summed E-state index contributed by atoms with van der Waals surface area (Å²) < 4.78 is 5.98. The van der Waals surface area contributed by atoms with Crippen molar-refractivity contribution in [3.63, 3.8) is 0 Å². The van der Waals surface area contributed by atoms with Gasteiger partial charge in [0.1, 0.15) is 0 Å². The molecule has 0 saturated carbocycles. The predicted octanol–water partition coefficient (Wildman–Crippen LogP) is 5.48. The molecule has 0 aliphatic carbocycles. The molecule has 0 bridgehead atoms. The molecule has 2 atom stereocenters. The predicted molar refractivity (Wildman–Crippen MR) is 128 cm³/mol. The summed E-state index contributed by atoms with van der Waals surface area (Å²) in [6, 6.07) is 19.3. The van der Waals surface area contributed by atoms with Crippen molar-refractivity contribution in [2.24, 2.45) is 5.92 Å². The molecule has 1 aliphatic rings. The fraction of sp³-hybridized carbons (Fsp3) is 0.519. The lowest BCUT2D eigenvalue weighted by molar-refractivity contribution is -0.129. The molecule has 1 saturated heterocycles. The van der Waals surface area contributed by atoms with Gasteiger partial charge in [0, 0.05) is 46.4 Å². The van der Waals surface area contributed by atoms with Gasteiger partial charge >= 0.3 is 0 Å². The molecule has 1 heterocycles. The number of anilines is 1. The standard InChI is InChI=1S/C27H38N2O2/c1-21(30)29(20-22-11-13-25(14-12-22)28(4)5)17-15-26(23-9-7-6-8-10-23)24-16-18-31-27(2,3)19-24/h6-14,24,26H,15-20H2,1-5H3/t24-,26-/m1/s1. The maximum atomic E-state index is 12.4. The van der Waals surface area contributed by atoms with E-state index in [9.17, 15) is 4.79 Å². The van der Waals surface area contributed by atoms with Crippen molar-refractivity contribution in [2.45, 2.75) is 58.1 Å². The Balaban J connectivity index is 1.72. The number of rotatable bonds is 8. The zero-order chi connectivity index (χ0) is 22.4. The van der Waals surface area contributed by atoms with E-state index in [-0.39, 0.29) is 11.5 Å². The van der Waals surface area contributed by atoms with Gasteiger partial charge in [0.2, 0.25) is 5.91 Å². The van der Waals surface area contributed by atoms with Gasteiger partial charge in [-0.2, -0.15) is 0 Å². The van der Waals surface area contributed by atoms with Crippen LogP contribution >= 0.6 is 0 Å². The molecule has 2 aromatic rings. The van der Waals surface area contributed by atoms with E-state index < -0.39 is 0 Å². The zero-order valence-electron chi connectivity index (χ0n) is 19.8. The van der Waals surface area contributed by atoms with E-state index in [2.05, 4.69) is 73.3 Å². The van der Waals surface area contributed by atoms with Crippen LogP contribution in [0, 0.1) is 5.92 Å². The molecule has 168 valence electrons. The summed E-state index contributed by atoms with van der Waals surface area (Å²) in [5, 5.41) is 0. The molecule has 0 unspecified atom stereocenters. The molecule has 0 N–H and O–H groups in total. The Morgan fingerprint density at radius 3 is 2.35 bits per heavy atom. The van der Waals surface area contributed by atoms with Gasteiger partial charge in [0.15, 0.2) is 0 Å². The fourth-order valence-corrected chi connectivity index (χ4v) is 4.76. The Labute approximate surface area is 188 Å². The van der Waals surface area contributed by atoms with Crippen LogP contribution in [0.15, 0.2) is 54.6 Å². The summed E-state index contributed by atoms with van der Waals surface area (Å²) >= 11 is 0. The second-order valence-electron chi connectivity index (χ2n) is 9.67. The highest BCUT2D eigenvalue weighted by atomic mass is 16.5. The molecule has 4 nitrogen and oxygen atoms in total. The highest BCUT2D eigenvalue weighted by molar-refractivity contribution is 5.73. The second kappa shape index (κ2) is 10.3. The summed E-state index contributed by atoms with van der Waals surface area (Å²) in [7, 11) is 4.08. The molecule has 31 heavy (non-hydrogen) atoms. The molecule has 1 aliphatic heterocycles. The quantitative estimate of drug-likeness (QED) is 0.565.